The van der Waals surface area contributed by atoms with Crippen LogP contribution in [0.1, 0.15) is 64.4 Å². The van der Waals surface area contributed by atoms with E-state index in [0.29, 0.717) is 30.3 Å². The molecule has 43 heavy (non-hydrogen) atoms. The van der Waals surface area contributed by atoms with Crippen molar-refractivity contribution in [1.82, 2.24) is 14.8 Å². The molecule has 2 bridgehead atoms. The highest BCUT2D eigenvalue weighted by molar-refractivity contribution is 6.01. The van der Waals surface area contributed by atoms with Crippen molar-refractivity contribution in [2.45, 2.75) is 58.7 Å². The highest BCUT2D eigenvalue weighted by Gasteiger charge is 2.46. The predicted molar refractivity (Wildman–Crippen MR) is 168 cm³/mol. The van der Waals surface area contributed by atoms with E-state index < -0.39 is 0 Å². The molecule has 2 aromatic heterocycles. The number of furan rings is 1. The lowest BCUT2D eigenvalue weighted by atomic mass is 9.99. The van der Waals surface area contributed by atoms with Gasteiger partial charge in [-0.15, -0.1) is 0 Å². The second-order valence-electron chi connectivity index (χ2n) is 13.4. The van der Waals surface area contributed by atoms with Crippen LogP contribution in [0.5, 0.6) is 0 Å². The van der Waals surface area contributed by atoms with Crippen molar-refractivity contribution < 1.29 is 14.0 Å². The molecule has 3 fully saturated rings. The molecule has 6 heteroatoms. The average Bonchev–Trinajstić information content (AvgIpc) is 3.23. The first-order chi connectivity index (χ1) is 20.9. The Morgan fingerprint density at radius 2 is 1.81 bits per heavy atom. The summed E-state index contributed by atoms with van der Waals surface area (Å²) < 4.78 is 9.06. The number of fused-ring (bicyclic) bond motifs is 5. The summed E-state index contributed by atoms with van der Waals surface area (Å²) in [5, 5.41) is 5.16. The molecule has 2 aliphatic heterocycles. The Kier molecular flexibility index (Phi) is 5.33. The number of hydrogen-bond acceptors (Lipinski definition) is 3. The van der Waals surface area contributed by atoms with Crippen LogP contribution in [0, 0.1) is 24.7 Å². The molecule has 3 atom stereocenters. The van der Waals surface area contributed by atoms with Crippen LogP contribution in [-0.4, -0.2) is 33.9 Å². The van der Waals surface area contributed by atoms with Gasteiger partial charge in [-0.2, -0.15) is 0 Å². The molecule has 2 saturated carbocycles. The highest BCUT2D eigenvalue weighted by Crippen LogP contribution is 2.44. The number of carbonyl (C=O) groups is 2. The normalized spacial score (nSPS) is 22.6. The Morgan fingerprint density at radius 3 is 2.60 bits per heavy atom. The van der Waals surface area contributed by atoms with Crippen LogP contribution in [0.2, 0.25) is 0 Å². The standard InChI is InChI=1S/C37H35N3O3/c1-20-28-10-12-31(20)40(19-28)37(42)26-9-11-29-21(2)35(43-34(29)16-26)33-15-25-7-5-24(14-32(25)39(33)18-22-3-4-22)23-6-8-27-17-38-36(41)30(27)13-23/h5-9,11,13-16,20,22,28,31H,3-4,10,12,17-19H2,1-2H3,(H,38,41)/t20-,28?,31?/m1/s1. The number of hydrogen-bond donors (Lipinski definition) is 1. The Bertz CT molecular complexity index is 1990. The van der Waals surface area contributed by atoms with Crippen LogP contribution in [0.4, 0.5) is 0 Å². The van der Waals surface area contributed by atoms with Gasteiger partial charge in [0.2, 0.25) is 0 Å². The van der Waals surface area contributed by atoms with Gasteiger partial charge in [0.05, 0.1) is 5.69 Å². The molecule has 4 aliphatic rings. The maximum absolute atomic E-state index is 13.6. The molecule has 9 rings (SSSR count). The highest BCUT2D eigenvalue weighted by atomic mass is 16.3. The van der Waals surface area contributed by atoms with E-state index in [1.54, 1.807) is 0 Å². The molecule has 6 nitrogen and oxygen atoms in total. The molecule has 1 saturated heterocycles. The van der Waals surface area contributed by atoms with Crippen molar-refractivity contribution in [3.05, 3.63) is 82.9 Å². The molecule has 5 aromatic rings. The van der Waals surface area contributed by atoms with E-state index in [-0.39, 0.29) is 11.8 Å². The number of aromatic nitrogens is 1. The number of benzene rings is 3. The van der Waals surface area contributed by atoms with E-state index in [4.69, 9.17) is 4.42 Å². The smallest absolute Gasteiger partial charge is 0.254 e. The zero-order valence-corrected chi connectivity index (χ0v) is 24.7. The lowest BCUT2D eigenvalue weighted by Gasteiger charge is -2.27. The first-order valence-electron chi connectivity index (χ1n) is 15.8. The fourth-order valence-corrected chi connectivity index (χ4v) is 8.08. The van der Waals surface area contributed by atoms with E-state index in [1.165, 1.54) is 30.2 Å². The molecular weight excluding hydrogens is 534 g/mol. The summed E-state index contributed by atoms with van der Waals surface area (Å²) >= 11 is 0. The molecule has 1 N–H and O–H groups in total. The summed E-state index contributed by atoms with van der Waals surface area (Å²) in [6.07, 6.45) is 4.87. The number of rotatable bonds is 5. The SMILES string of the molecule is Cc1c(-c2cc3ccc(-c4ccc5c(c4)C(=O)NC5)cc3n2CC2CC2)oc2cc(C(=O)N3CC4CCC3[C@@H]4C)ccc12. The van der Waals surface area contributed by atoms with Crippen molar-refractivity contribution in [3.8, 4) is 22.6 Å². The van der Waals surface area contributed by atoms with Crippen molar-refractivity contribution in [2.24, 2.45) is 17.8 Å². The van der Waals surface area contributed by atoms with Crippen LogP contribution in [-0.2, 0) is 13.1 Å². The Labute approximate surface area is 250 Å². The molecular formula is C37H35N3O3. The van der Waals surface area contributed by atoms with Gasteiger partial charge >= 0.3 is 0 Å². The molecule has 3 aromatic carbocycles. The van der Waals surface area contributed by atoms with Crippen LogP contribution in [0.15, 0.2) is 65.1 Å². The minimum absolute atomic E-state index is 0.00441. The number of nitrogens with one attached hydrogen (secondary N) is 1. The van der Waals surface area contributed by atoms with Crippen LogP contribution in [0.3, 0.4) is 0 Å². The van der Waals surface area contributed by atoms with Gasteiger partial charge in [-0.05, 0) is 97.4 Å². The third kappa shape index (κ3) is 3.85. The van der Waals surface area contributed by atoms with Crippen molar-refractivity contribution >= 4 is 33.7 Å². The largest absolute Gasteiger partial charge is 0.454 e. The molecule has 2 aliphatic carbocycles. The Morgan fingerprint density at radius 1 is 0.977 bits per heavy atom. The molecule has 0 spiro atoms. The quantitative estimate of drug-likeness (QED) is 0.238. The lowest BCUT2D eigenvalue weighted by Crippen LogP contribution is -2.38. The van der Waals surface area contributed by atoms with Crippen LogP contribution < -0.4 is 5.32 Å². The Balaban J connectivity index is 1.12. The van der Waals surface area contributed by atoms with E-state index in [2.05, 4.69) is 71.1 Å². The summed E-state index contributed by atoms with van der Waals surface area (Å²) in [5.41, 5.74) is 8.85. The third-order valence-electron chi connectivity index (χ3n) is 10.9. The van der Waals surface area contributed by atoms with Crippen molar-refractivity contribution in [1.29, 1.82) is 0 Å². The maximum atomic E-state index is 13.6. The van der Waals surface area contributed by atoms with E-state index in [1.807, 2.05) is 18.2 Å². The van der Waals surface area contributed by atoms with E-state index in [0.717, 1.165) is 75.3 Å². The Hall–Kier alpha value is -4.32. The molecule has 0 radical (unpaired) electrons. The van der Waals surface area contributed by atoms with Crippen LogP contribution >= 0.6 is 0 Å². The molecule has 4 heterocycles. The van der Waals surface area contributed by atoms with Gasteiger partial charge in [0, 0.05) is 58.7 Å². The first-order valence-corrected chi connectivity index (χ1v) is 15.8. The summed E-state index contributed by atoms with van der Waals surface area (Å²) in [6.45, 7) is 6.86. The van der Waals surface area contributed by atoms with Crippen LogP contribution in [0.25, 0.3) is 44.5 Å². The van der Waals surface area contributed by atoms with Gasteiger partial charge in [0.15, 0.2) is 5.76 Å². The van der Waals surface area contributed by atoms with Crippen molar-refractivity contribution in [2.75, 3.05) is 6.54 Å². The summed E-state index contributed by atoms with van der Waals surface area (Å²) in [6, 6.07) is 21.4. The molecule has 2 amide bonds. The number of aryl methyl sites for hydroxylation is 1. The number of likely N-dealkylation sites (tertiary alicyclic amines) is 1. The fourth-order valence-electron chi connectivity index (χ4n) is 8.08. The summed E-state index contributed by atoms with van der Waals surface area (Å²) in [4.78, 5) is 28.0. The van der Waals surface area contributed by atoms with Gasteiger partial charge in [0.1, 0.15) is 5.58 Å². The lowest BCUT2D eigenvalue weighted by molar-refractivity contribution is 0.0696. The number of carbonyl (C=O) groups excluding carboxylic acids is 2. The average molecular weight is 570 g/mol. The van der Waals surface area contributed by atoms with Gasteiger partial charge in [0.25, 0.3) is 11.8 Å². The number of amides is 2. The minimum Gasteiger partial charge on any atom is -0.454 e. The van der Waals surface area contributed by atoms with E-state index in [9.17, 15) is 9.59 Å². The number of nitrogens with zero attached hydrogens (tertiary/aromatic N) is 2. The van der Waals surface area contributed by atoms with Crippen molar-refractivity contribution in [3.63, 3.8) is 0 Å². The summed E-state index contributed by atoms with van der Waals surface area (Å²) in [5.74, 6) is 2.93. The summed E-state index contributed by atoms with van der Waals surface area (Å²) in [7, 11) is 0. The van der Waals surface area contributed by atoms with Gasteiger partial charge in [-0.1, -0.05) is 37.3 Å². The maximum Gasteiger partial charge on any atom is 0.254 e. The molecule has 216 valence electrons. The fraction of sp³-hybridized carbons (Fsp3) is 0.351. The van der Waals surface area contributed by atoms with Gasteiger partial charge in [-0.3, -0.25) is 9.59 Å². The van der Waals surface area contributed by atoms with Gasteiger partial charge < -0.3 is 19.2 Å². The van der Waals surface area contributed by atoms with E-state index >= 15 is 0 Å². The van der Waals surface area contributed by atoms with Gasteiger partial charge in [-0.25, -0.2) is 0 Å². The second kappa shape index (κ2) is 9.09. The first kappa shape index (κ1) is 25.2. The monoisotopic (exact) mass is 569 g/mol. The zero-order chi connectivity index (χ0) is 29.0. The molecule has 2 unspecified atom stereocenters. The second-order valence-corrected chi connectivity index (χ2v) is 13.4. The number of piperidine rings is 1. The predicted octanol–water partition coefficient (Wildman–Crippen LogP) is 7.55. The zero-order valence-electron chi connectivity index (χ0n) is 24.7. The minimum atomic E-state index is 0.00441. The third-order valence-corrected chi connectivity index (χ3v) is 10.9. The topological polar surface area (TPSA) is 67.5 Å².